The molecule has 0 unspecified atom stereocenters. The Labute approximate surface area is 192 Å². The number of thioether (sulfide) groups is 1. The van der Waals surface area contributed by atoms with Crippen LogP contribution in [0.4, 0.5) is 5.82 Å². The lowest BCUT2D eigenvalue weighted by atomic mass is 10.0. The lowest BCUT2D eigenvalue weighted by Gasteiger charge is -2.29. The van der Waals surface area contributed by atoms with Gasteiger partial charge in [0.25, 0.3) is 11.5 Å². The van der Waals surface area contributed by atoms with Gasteiger partial charge in [-0.2, -0.15) is 5.26 Å². The maximum absolute atomic E-state index is 13.1. The third-order valence-electron chi connectivity index (χ3n) is 5.74. The van der Waals surface area contributed by atoms with E-state index in [0.717, 1.165) is 50.2 Å². The van der Waals surface area contributed by atoms with Crippen LogP contribution in [0.5, 0.6) is 0 Å². The fraction of sp³-hybridized carbons (Fsp3) is 0.545. The van der Waals surface area contributed by atoms with Gasteiger partial charge in [-0.15, -0.1) is 0 Å². The van der Waals surface area contributed by atoms with Crippen LogP contribution in [0.25, 0.3) is 6.08 Å². The predicted octanol–water partition coefficient (Wildman–Crippen LogP) is 3.28. The molecule has 2 aliphatic rings. The molecule has 0 aliphatic carbocycles. The van der Waals surface area contributed by atoms with Crippen LogP contribution in [-0.4, -0.2) is 53.0 Å². The minimum absolute atomic E-state index is 0.126. The molecule has 0 spiro atoms. The molecule has 9 heteroatoms. The number of rotatable bonds is 6. The molecule has 31 heavy (non-hydrogen) atoms. The molecule has 0 radical (unpaired) electrons. The van der Waals surface area contributed by atoms with Crippen molar-refractivity contribution in [3.8, 4) is 6.07 Å². The van der Waals surface area contributed by atoms with Gasteiger partial charge in [-0.05, 0) is 38.3 Å². The maximum atomic E-state index is 13.1. The maximum Gasteiger partial charge on any atom is 0.270 e. The normalized spacial score (nSPS) is 18.6. The van der Waals surface area contributed by atoms with Crippen LogP contribution in [0.3, 0.4) is 0 Å². The SMILES string of the molecule is CCn1c(N2CCCCCC2)c(C=C2SC(=S)N(CCOC)C2=O)c(C)c(C#N)c1=O. The van der Waals surface area contributed by atoms with E-state index in [-0.39, 0.29) is 17.0 Å². The molecule has 7 nitrogen and oxygen atoms in total. The first-order valence-corrected chi connectivity index (χ1v) is 11.8. The van der Waals surface area contributed by atoms with Crippen LogP contribution >= 0.6 is 24.0 Å². The highest BCUT2D eigenvalue weighted by Crippen LogP contribution is 2.36. The van der Waals surface area contributed by atoms with Crippen molar-refractivity contribution in [2.75, 3.05) is 38.3 Å². The summed E-state index contributed by atoms with van der Waals surface area (Å²) < 4.78 is 7.26. The number of aromatic nitrogens is 1. The van der Waals surface area contributed by atoms with E-state index in [9.17, 15) is 14.9 Å². The molecule has 3 rings (SSSR count). The van der Waals surface area contributed by atoms with Gasteiger partial charge in [-0.3, -0.25) is 19.1 Å². The summed E-state index contributed by atoms with van der Waals surface area (Å²) in [6, 6.07) is 2.08. The van der Waals surface area contributed by atoms with Crippen molar-refractivity contribution >= 4 is 46.1 Å². The first-order chi connectivity index (χ1) is 14.9. The van der Waals surface area contributed by atoms with E-state index in [1.165, 1.54) is 16.7 Å². The van der Waals surface area contributed by atoms with Gasteiger partial charge in [-0.25, -0.2) is 0 Å². The van der Waals surface area contributed by atoms with Gasteiger partial charge in [-0.1, -0.05) is 36.8 Å². The molecule has 0 bridgehead atoms. The highest BCUT2D eigenvalue weighted by atomic mass is 32.2. The molecule has 0 N–H and O–H groups in total. The highest BCUT2D eigenvalue weighted by molar-refractivity contribution is 8.26. The van der Waals surface area contributed by atoms with Crippen molar-refractivity contribution in [1.29, 1.82) is 5.26 Å². The summed E-state index contributed by atoms with van der Waals surface area (Å²) in [4.78, 5) is 30.3. The minimum Gasteiger partial charge on any atom is -0.383 e. The van der Waals surface area contributed by atoms with Crippen LogP contribution in [0, 0.1) is 18.3 Å². The second kappa shape index (κ2) is 10.4. The van der Waals surface area contributed by atoms with Crippen LogP contribution in [0.1, 0.15) is 49.3 Å². The third-order valence-corrected chi connectivity index (χ3v) is 7.11. The van der Waals surface area contributed by atoms with E-state index in [0.29, 0.717) is 34.5 Å². The molecule has 1 amide bonds. The van der Waals surface area contributed by atoms with E-state index in [2.05, 4.69) is 11.0 Å². The molecular formula is C22H28N4O3S2. The minimum atomic E-state index is -0.272. The standard InChI is InChI=1S/C22H28N4O3S2/c1-4-25-19(24-9-7-5-6-8-10-24)16(15(2)17(14-23)20(25)27)13-18-21(28)26(11-12-29-3)22(30)31-18/h13H,4-12H2,1-3H3. The number of ether oxygens (including phenoxy) is 1. The molecule has 1 aromatic rings. The van der Waals surface area contributed by atoms with Crippen LogP contribution in [-0.2, 0) is 16.1 Å². The van der Waals surface area contributed by atoms with Crippen molar-refractivity contribution in [3.63, 3.8) is 0 Å². The van der Waals surface area contributed by atoms with Crippen molar-refractivity contribution in [1.82, 2.24) is 9.47 Å². The quantitative estimate of drug-likeness (QED) is 0.476. The van der Waals surface area contributed by atoms with Crippen molar-refractivity contribution in [2.24, 2.45) is 0 Å². The summed E-state index contributed by atoms with van der Waals surface area (Å²) in [5.74, 6) is 0.633. The van der Waals surface area contributed by atoms with E-state index in [4.69, 9.17) is 17.0 Å². The molecule has 0 saturated carbocycles. The van der Waals surface area contributed by atoms with Crippen molar-refractivity contribution in [3.05, 3.63) is 31.9 Å². The second-order valence-electron chi connectivity index (χ2n) is 7.63. The van der Waals surface area contributed by atoms with E-state index in [1.807, 2.05) is 13.0 Å². The number of nitrogens with zero attached hydrogens (tertiary/aromatic N) is 4. The summed E-state index contributed by atoms with van der Waals surface area (Å²) >= 11 is 6.66. The van der Waals surface area contributed by atoms with E-state index in [1.54, 1.807) is 18.6 Å². The van der Waals surface area contributed by atoms with Gasteiger partial charge in [0.15, 0.2) is 0 Å². The summed E-state index contributed by atoms with van der Waals surface area (Å²) in [6.45, 7) is 6.65. The third kappa shape index (κ3) is 4.71. The topological polar surface area (TPSA) is 78.6 Å². The zero-order chi connectivity index (χ0) is 22.5. The average molecular weight is 461 g/mol. The number of amides is 1. The van der Waals surface area contributed by atoms with Crippen LogP contribution in [0.15, 0.2) is 9.70 Å². The number of thiocarbonyl (C=S) groups is 1. The molecule has 3 heterocycles. The average Bonchev–Trinajstić information content (AvgIpc) is 2.93. The fourth-order valence-electron chi connectivity index (χ4n) is 4.07. The zero-order valence-electron chi connectivity index (χ0n) is 18.3. The number of nitriles is 1. The second-order valence-corrected chi connectivity index (χ2v) is 9.30. The van der Waals surface area contributed by atoms with Gasteiger partial charge in [0, 0.05) is 32.3 Å². The Hall–Kier alpha value is -2.15. The molecule has 2 saturated heterocycles. The van der Waals surface area contributed by atoms with Gasteiger partial charge < -0.3 is 9.64 Å². The summed E-state index contributed by atoms with van der Waals surface area (Å²) in [5.41, 5.74) is 1.22. The summed E-state index contributed by atoms with van der Waals surface area (Å²) in [7, 11) is 1.59. The molecule has 166 valence electrons. The number of carbonyl (C=O) groups excluding carboxylic acids is 1. The lowest BCUT2D eigenvalue weighted by molar-refractivity contribution is -0.122. The Kier molecular flexibility index (Phi) is 7.92. The van der Waals surface area contributed by atoms with Gasteiger partial charge >= 0.3 is 0 Å². The molecule has 2 fully saturated rings. The fourth-order valence-corrected chi connectivity index (χ4v) is 5.36. The number of carbonyl (C=O) groups is 1. The number of hydrogen-bond donors (Lipinski definition) is 0. The Bertz CT molecular complexity index is 1000. The van der Waals surface area contributed by atoms with Crippen molar-refractivity contribution in [2.45, 2.75) is 46.1 Å². The number of methoxy groups -OCH3 is 1. The van der Waals surface area contributed by atoms with Crippen molar-refractivity contribution < 1.29 is 9.53 Å². The Balaban J connectivity index is 2.18. The molecular weight excluding hydrogens is 432 g/mol. The monoisotopic (exact) mass is 460 g/mol. The molecule has 0 aromatic carbocycles. The lowest BCUT2D eigenvalue weighted by Crippen LogP contribution is -2.35. The highest BCUT2D eigenvalue weighted by Gasteiger charge is 2.33. The van der Waals surface area contributed by atoms with Crippen LogP contribution in [0.2, 0.25) is 0 Å². The number of pyridine rings is 1. The smallest absolute Gasteiger partial charge is 0.270 e. The molecule has 2 aliphatic heterocycles. The Morgan fingerprint density at radius 1 is 1.23 bits per heavy atom. The van der Waals surface area contributed by atoms with E-state index >= 15 is 0 Å². The number of anilines is 1. The predicted molar refractivity (Wildman–Crippen MR) is 128 cm³/mol. The van der Waals surface area contributed by atoms with Gasteiger partial charge in [0.05, 0.1) is 18.1 Å². The first-order valence-electron chi connectivity index (χ1n) is 10.6. The first kappa shape index (κ1) is 23.5. The zero-order valence-corrected chi connectivity index (χ0v) is 19.9. The Morgan fingerprint density at radius 2 is 1.90 bits per heavy atom. The number of hydrogen-bond acceptors (Lipinski definition) is 7. The van der Waals surface area contributed by atoms with Crippen LogP contribution < -0.4 is 10.5 Å². The largest absolute Gasteiger partial charge is 0.383 e. The molecule has 1 aromatic heterocycles. The van der Waals surface area contributed by atoms with E-state index < -0.39 is 0 Å². The van der Waals surface area contributed by atoms with Gasteiger partial charge in [0.2, 0.25) is 0 Å². The molecule has 0 atom stereocenters. The van der Waals surface area contributed by atoms with Gasteiger partial charge in [0.1, 0.15) is 21.8 Å². The summed E-state index contributed by atoms with van der Waals surface area (Å²) in [5, 5.41) is 9.67. The Morgan fingerprint density at radius 3 is 2.48 bits per heavy atom. The summed E-state index contributed by atoms with van der Waals surface area (Å²) in [6.07, 6.45) is 6.24.